The predicted octanol–water partition coefficient (Wildman–Crippen LogP) is 2.13. The van der Waals surface area contributed by atoms with Gasteiger partial charge < -0.3 is 14.8 Å². The second-order valence-corrected chi connectivity index (χ2v) is 5.14. The van der Waals surface area contributed by atoms with E-state index >= 15 is 0 Å². The quantitative estimate of drug-likeness (QED) is 0.899. The first-order valence-corrected chi connectivity index (χ1v) is 6.86. The van der Waals surface area contributed by atoms with E-state index < -0.39 is 6.10 Å². The third-order valence-corrected chi connectivity index (χ3v) is 3.52. The highest BCUT2D eigenvalue weighted by Crippen LogP contribution is 2.17. The molecule has 1 aromatic rings. The number of hydrogen-bond donors (Lipinski definition) is 1. The summed E-state index contributed by atoms with van der Waals surface area (Å²) < 4.78 is 23.8. The van der Waals surface area contributed by atoms with E-state index in [1.807, 2.05) is 6.92 Å². The first kappa shape index (κ1) is 14.8. The van der Waals surface area contributed by atoms with Crippen molar-refractivity contribution in [2.45, 2.75) is 32.4 Å². The molecule has 1 heterocycles. The number of carbonyl (C=O) groups excluding carboxylic acids is 1. The largest absolute Gasteiger partial charge is 0.481 e. The van der Waals surface area contributed by atoms with Crippen molar-refractivity contribution in [2.75, 3.05) is 13.2 Å². The van der Waals surface area contributed by atoms with E-state index in [4.69, 9.17) is 9.47 Å². The van der Waals surface area contributed by atoms with Gasteiger partial charge in [0, 0.05) is 24.6 Å². The number of amides is 1. The molecule has 0 aliphatic carbocycles. The van der Waals surface area contributed by atoms with Crippen molar-refractivity contribution in [3.05, 3.63) is 30.1 Å². The minimum absolute atomic E-state index is 0.0450. The van der Waals surface area contributed by atoms with Gasteiger partial charge in [0.2, 0.25) is 0 Å². The lowest BCUT2D eigenvalue weighted by molar-refractivity contribution is -0.128. The molecule has 0 aromatic heterocycles. The number of nitrogens with one attached hydrogen (secondary N) is 1. The van der Waals surface area contributed by atoms with E-state index in [1.165, 1.54) is 12.1 Å². The van der Waals surface area contributed by atoms with Crippen LogP contribution in [0.1, 0.15) is 20.3 Å². The van der Waals surface area contributed by atoms with E-state index in [0.29, 0.717) is 18.3 Å². The van der Waals surface area contributed by atoms with E-state index in [-0.39, 0.29) is 17.8 Å². The average molecular weight is 281 g/mol. The zero-order chi connectivity index (χ0) is 14.5. The highest BCUT2D eigenvalue weighted by atomic mass is 19.1. The molecule has 2 rings (SSSR count). The Labute approximate surface area is 118 Å². The molecule has 0 radical (unpaired) electrons. The SMILES string of the molecule is C[C@H](Oc1cccc(F)c1)C(=O)N[C@H](C)[C@@H]1CCOC1. The van der Waals surface area contributed by atoms with Crippen LogP contribution in [0.2, 0.25) is 0 Å². The summed E-state index contributed by atoms with van der Waals surface area (Å²) in [6.45, 7) is 5.05. The average Bonchev–Trinajstić information content (AvgIpc) is 2.92. The fourth-order valence-corrected chi connectivity index (χ4v) is 2.20. The van der Waals surface area contributed by atoms with Gasteiger partial charge in [-0.2, -0.15) is 0 Å². The molecule has 0 spiro atoms. The maximum atomic E-state index is 13.0. The summed E-state index contributed by atoms with van der Waals surface area (Å²) in [7, 11) is 0. The van der Waals surface area contributed by atoms with E-state index in [0.717, 1.165) is 13.0 Å². The lowest BCUT2D eigenvalue weighted by Gasteiger charge is -2.22. The van der Waals surface area contributed by atoms with Gasteiger partial charge in [-0.1, -0.05) is 6.07 Å². The molecule has 20 heavy (non-hydrogen) atoms. The lowest BCUT2D eigenvalue weighted by Crippen LogP contribution is -2.44. The van der Waals surface area contributed by atoms with Crippen LogP contribution in [0.15, 0.2) is 24.3 Å². The van der Waals surface area contributed by atoms with Gasteiger partial charge in [0.1, 0.15) is 11.6 Å². The maximum Gasteiger partial charge on any atom is 0.260 e. The summed E-state index contributed by atoms with van der Waals surface area (Å²) in [4.78, 5) is 12.0. The topological polar surface area (TPSA) is 47.6 Å². The van der Waals surface area contributed by atoms with Gasteiger partial charge in [0.05, 0.1) is 6.61 Å². The number of ether oxygens (including phenoxy) is 2. The fourth-order valence-electron chi connectivity index (χ4n) is 2.20. The lowest BCUT2D eigenvalue weighted by atomic mass is 10.0. The second kappa shape index (κ2) is 6.70. The molecule has 0 unspecified atom stereocenters. The molecule has 1 saturated heterocycles. The molecule has 4 nitrogen and oxygen atoms in total. The molecule has 1 N–H and O–H groups in total. The Morgan fingerprint density at radius 1 is 1.50 bits per heavy atom. The summed E-state index contributed by atoms with van der Waals surface area (Å²) in [6, 6.07) is 5.82. The van der Waals surface area contributed by atoms with Gasteiger partial charge in [-0.3, -0.25) is 4.79 Å². The van der Waals surface area contributed by atoms with Gasteiger partial charge in [0.15, 0.2) is 6.10 Å². The Hall–Kier alpha value is -1.62. The van der Waals surface area contributed by atoms with Crippen molar-refractivity contribution in [3.8, 4) is 5.75 Å². The maximum absolute atomic E-state index is 13.0. The zero-order valence-corrected chi connectivity index (χ0v) is 11.8. The van der Waals surface area contributed by atoms with Crippen molar-refractivity contribution in [1.29, 1.82) is 0 Å². The van der Waals surface area contributed by atoms with Crippen molar-refractivity contribution >= 4 is 5.91 Å². The molecule has 0 bridgehead atoms. The molecule has 3 atom stereocenters. The highest BCUT2D eigenvalue weighted by Gasteiger charge is 2.25. The Kier molecular flexibility index (Phi) is 4.95. The first-order valence-electron chi connectivity index (χ1n) is 6.86. The van der Waals surface area contributed by atoms with Crippen molar-refractivity contribution in [2.24, 2.45) is 5.92 Å². The monoisotopic (exact) mass is 281 g/mol. The van der Waals surface area contributed by atoms with Crippen LogP contribution in [-0.2, 0) is 9.53 Å². The molecular weight excluding hydrogens is 261 g/mol. The number of halogens is 1. The van der Waals surface area contributed by atoms with Crippen LogP contribution in [0.3, 0.4) is 0 Å². The molecule has 1 aromatic carbocycles. The number of hydrogen-bond acceptors (Lipinski definition) is 3. The Morgan fingerprint density at radius 3 is 2.95 bits per heavy atom. The van der Waals surface area contributed by atoms with E-state index in [1.54, 1.807) is 19.1 Å². The molecule has 1 aliphatic rings. The number of benzene rings is 1. The second-order valence-electron chi connectivity index (χ2n) is 5.14. The van der Waals surface area contributed by atoms with Gasteiger partial charge in [-0.25, -0.2) is 4.39 Å². The van der Waals surface area contributed by atoms with Crippen LogP contribution in [0, 0.1) is 11.7 Å². The van der Waals surface area contributed by atoms with Crippen LogP contribution >= 0.6 is 0 Å². The summed E-state index contributed by atoms with van der Waals surface area (Å²) in [6.07, 6.45) is 0.294. The standard InChI is InChI=1S/C15H20FNO3/c1-10(12-6-7-19-9-12)17-15(18)11(2)20-14-5-3-4-13(16)8-14/h3-5,8,10-12H,6-7,9H2,1-2H3,(H,17,18)/t10-,11+,12-/m1/s1. The Bertz CT molecular complexity index is 460. The molecule has 1 aliphatic heterocycles. The molecule has 1 amide bonds. The van der Waals surface area contributed by atoms with Crippen LogP contribution in [0.25, 0.3) is 0 Å². The number of rotatable bonds is 5. The van der Waals surface area contributed by atoms with Crippen LogP contribution in [-0.4, -0.2) is 31.3 Å². The minimum atomic E-state index is -0.665. The molecule has 110 valence electrons. The van der Waals surface area contributed by atoms with Gasteiger partial charge >= 0.3 is 0 Å². The van der Waals surface area contributed by atoms with Gasteiger partial charge in [-0.15, -0.1) is 0 Å². The van der Waals surface area contributed by atoms with Crippen molar-refractivity contribution < 1.29 is 18.7 Å². The van der Waals surface area contributed by atoms with Crippen LogP contribution < -0.4 is 10.1 Å². The van der Waals surface area contributed by atoms with Gasteiger partial charge in [0.25, 0.3) is 5.91 Å². The molecule has 1 fully saturated rings. The van der Waals surface area contributed by atoms with Crippen molar-refractivity contribution in [3.63, 3.8) is 0 Å². The summed E-state index contributed by atoms with van der Waals surface area (Å²) in [5, 5.41) is 2.92. The summed E-state index contributed by atoms with van der Waals surface area (Å²) >= 11 is 0. The third-order valence-electron chi connectivity index (χ3n) is 3.52. The zero-order valence-electron chi connectivity index (χ0n) is 11.8. The number of carbonyl (C=O) groups is 1. The van der Waals surface area contributed by atoms with E-state index in [9.17, 15) is 9.18 Å². The summed E-state index contributed by atoms with van der Waals surface area (Å²) in [5.74, 6) is 0.116. The molecular formula is C15H20FNO3. The van der Waals surface area contributed by atoms with E-state index in [2.05, 4.69) is 5.32 Å². The Balaban J connectivity index is 1.85. The minimum Gasteiger partial charge on any atom is -0.481 e. The molecule has 5 heteroatoms. The predicted molar refractivity (Wildman–Crippen MR) is 73.0 cm³/mol. The first-order chi connectivity index (χ1) is 9.56. The van der Waals surface area contributed by atoms with Crippen LogP contribution in [0.4, 0.5) is 4.39 Å². The van der Waals surface area contributed by atoms with Crippen LogP contribution in [0.5, 0.6) is 5.75 Å². The summed E-state index contributed by atoms with van der Waals surface area (Å²) in [5.41, 5.74) is 0. The fraction of sp³-hybridized carbons (Fsp3) is 0.533. The smallest absolute Gasteiger partial charge is 0.260 e. The van der Waals surface area contributed by atoms with Crippen molar-refractivity contribution in [1.82, 2.24) is 5.32 Å². The third kappa shape index (κ3) is 3.93. The van der Waals surface area contributed by atoms with Gasteiger partial charge in [-0.05, 0) is 32.4 Å². The normalized spacial score (nSPS) is 21.2. The molecule has 0 saturated carbocycles. The Morgan fingerprint density at radius 2 is 2.30 bits per heavy atom. The highest BCUT2D eigenvalue weighted by molar-refractivity contribution is 5.81.